The molecule has 0 saturated heterocycles. The molecule has 9 heteroatoms. The van der Waals surface area contributed by atoms with Gasteiger partial charge in [0.2, 0.25) is 0 Å². The molecular formula is C19H17F4N3O2. The Balaban J connectivity index is 1.97. The van der Waals surface area contributed by atoms with Gasteiger partial charge in [0.05, 0.1) is 7.11 Å². The first-order valence-corrected chi connectivity index (χ1v) is 8.21. The molecule has 2 aromatic carbocycles. The molecule has 0 fully saturated rings. The second-order valence-corrected chi connectivity index (χ2v) is 6.57. The van der Waals surface area contributed by atoms with Gasteiger partial charge in [0.15, 0.2) is 46.2 Å². The van der Waals surface area contributed by atoms with Crippen LogP contribution in [0, 0.1) is 23.3 Å². The van der Waals surface area contributed by atoms with Gasteiger partial charge in [0.25, 0.3) is 0 Å². The molecule has 5 nitrogen and oxygen atoms in total. The van der Waals surface area contributed by atoms with E-state index < -0.39 is 34.6 Å². The number of hydrogen-bond donors (Lipinski definition) is 0. The summed E-state index contributed by atoms with van der Waals surface area (Å²) in [6.07, 6.45) is 0. The topological polar surface area (TPSA) is 49.2 Å². The summed E-state index contributed by atoms with van der Waals surface area (Å²) in [6, 6.07) is 5.33. The molecule has 3 aromatic rings. The molecule has 0 atom stereocenters. The molecule has 0 amide bonds. The lowest BCUT2D eigenvalue weighted by Crippen LogP contribution is -2.30. The van der Waals surface area contributed by atoms with Crippen molar-refractivity contribution in [2.45, 2.75) is 19.4 Å². The van der Waals surface area contributed by atoms with Crippen molar-refractivity contribution >= 4 is 0 Å². The Morgan fingerprint density at radius 1 is 0.929 bits per heavy atom. The number of aromatic nitrogens is 3. The van der Waals surface area contributed by atoms with E-state index >= 15 is 0 Å². The van der Waals surface area contributed by atoms with Crippen LogP contribution in [0.3, 0.4) is 0 Å². The minimum Gasteiger partial charge on any atom is -0.494 e. The molecule has 0 radical (unpaired) electrons. The average molecular weight is 395 g/mol. The van der Waals surface area contributed by atoms with Crippen LogP contribution in [-0.4, -0.2) is 21.9 Å². The summed E-state index contributed by atoms with van der Waals surface area (Å²) in [6.45, 7) is 3.05. The van der Waals surface area contributed by atoms with Crippen molar-refractivity contribution in [3.8, 4) is 22.9 Å². The quantitative estimate of drug-likeness (QED) is 0.603. The summed E-state index contributed by atoms with van der Waals surface area (Å²) in [5, 5.41) is 8.05. The van der Waals surface area contributed by atoms with E-state index in [1.807, 2.05) is 0 Å². The summed E-state index contributed by atoms with van der Waals surface area (Å²) in [5.74, 6) is -4.09. The predicted octanol–water partition coefficient (Wildman–Crippen LogP) is 4.36. The van der Waals surface area contributed by atoms with Crippen LogP contribution in [0.4, 0.5) is 17.6 Å². The van der Waals surface area contributed by atoms with Crippen molar-refractivity contribution in [2.75, 3.05) is 7.11 Å². The SMILES string of the molecule is COc1ccc(-c2nnc(C(C)(C)Oc3c(F)cc(F)cc3F)n2C)cc1F. The van der Waals surface area contributed by atoms with Crippen LogP contribution in [0.1, 0.15) is 19.7 Å². The second kappa shape index (κ2) is 7.14. The van der Waals surface area contributed by atoms with Crippen molar-refractivity contribution in [3.63, 3.8) is 0 Å². The van der Waals surface area contributed by atoms with Gasteiger partial charge >= 0.3 is 0 Å². The zero-order valence-corrected chi connectivity index (χ0v) is 15.6. The molecule has 3 rings (SSSR count). The molecule has 28 heavy (non-hydrogen) atoms. The van der Waals surface area contributed by atoms with Gasteiger partial charge in [-0.3, -0.25) is 0 Å². The van der Waals surface area contributed by atoms with Crippen LogP contribution >= 0.6 is 0 Å². The fourth-order valence-electron chi connectivity index (χ4n) is 2.84. The molecule has 0 N–H and O–H groups in total. The highest BCUT2D eigenvalue weighted by Crippen LogP contribution is 2.33. The average Bonchev–Trinajstić information content (AvgIpc) is 3.00. The Bertz CT molecular complexity index is 1010. The molecule has 0 unspecified atom stereocenters. The highest BCUT2D eigenvalue weighted by atomic mass is 19.1. The third-order valence-corrected chi connectivity index (χ3v) is 4.14. The lowest BCUT2D eigenvalue weighted by Gasteiger charge is -2.26. The monoisotopic (exact) mass is 395 g/mol. The number of methoxy groups -OCH3 is 1. The van der Waals surface area contributed by atoms with E-state index in [9.17, 15) is 17.6 Å². The zero-order chi connectivity index (χ0) is 20.6. The van der Waals surface area contributed by atoms with Crippen LogP contribution in [0.2, 0.25) is 0 Å². The number of benzene rings is 2. The Morgan fingerprint density at radius 3 is 2.14 bits per heavy atom. The molecule has 0 aliphatic rings. The highest BCUT2D eigenvalue weighted by molar-refractivity contribution is 5.57. The molecule has 0 aliphatic carbocycles. The minimum atomic E-state index is -1.33. The normalized spacial score (nSPS) is 11.6. The molecule has 148 valence electrons. The molecular weight excluding hydrogens is 378 g/mol. The smallest absolute Gasteiger partial charge is 0.192 e. The second-order valence-electron chi connectivity index (χ2n) is 6.57. The molecule has 0 aliphatic heterocycles. The number of halogens is 4. The fraction of sp³-hybridized carbons (Fsp3) is 0.263. The van der Waals surface area contributed by atoms with Gasteiger partial charge < -0.3 is 14.0 Å². The van der Waals surface area contributed by atoms with Crippen molar-refractivity contribution in [1.29, 1.82) is 0 Å². The number of hydrogen-bond acceptors (Lipinski definition) is 4. The lowest BCUT2D eigenvalue weighted by molar-refractivity contribution is 0.0833. The molecule has 0 saturated carbocycles. The Kier molecular flexibility index (Phi) is 5.01. The lowest BCUT2D eigenvalue weighted by atomic mass is 10.1. The predicted molar refractivity (Wildman–Crippen MR) is 92.9 cm³/mol. The van der Waals surface area contributed by atoms with Gasteiger partial charge in [-0.05, 0) is 32.0 Å². The maximum absolute atomic E-state index is 14.0. The van der Waals surface area contributed by atoms with E-state index in [2.05, 4.69) is 10.2 Å². The first kappa shape index (κ1) is 19.7. The summed E-state index contributed by atoms with van der Waals surface area (Å²) >= 11 is 0. The van der Waals surface area contributed by atoms with Crippen LogP contribution in [0.5, 0.6) is 11.5 Å². The molecule has 0 bridgehead atoms. The van der Waals surface area contributed by atoms with E-state index in [0.29, 0.717) is 23.5 Å². The zero-order valence-electron chi connectivity index (χ0n) is 15.6. The first-order chi connectivity index (χ1) is 13.1. The number of ether oxygens (including phenoxy) is 2. The van der Waals surface area contributed by atoms with Crippen LogP contribution in [-0.2, 0) is 12.6 Å². The van der Waals surface area contributed by atoms with Crippen LogP contribution < -0.4 is 9.47 Å². The van der Waals surface area contributed by atoms with Crippen molar-refractivity contribution in [2.24, 2.45) is 7.05 Å². The Morgan fingerprint density at radius 2 is 1.57 bits per heavy atom. The van der Waals surface area contributed by atoms with E-state index in [-0.39, 0.29) is 11.6 Å². The van der Waals surface area contributed by atoms with Crippen LogP contribution in [0.15, 0.2) is 30.3 Å². The third-order valence-electron chi connectivity index (χ3n) is 4.14. The van der Waals surface area contributed by atoms with E-state index in [1.54, 1.807) is 13.1 Å². The summed E-state index contributed by atoms with van der Waals surface area (Å²) in [4.78, 5) is 0. The van der Waals surface area contributed by atoms with Crippen molar-refractivity contribution in [3.05, 3.63) is 59.4 Å². The first-order valence-electron chi connectivity index (χ1n) is 8.21. The number of rotatable bonds is 5. The summed E-state index contributed by atoms with van der Waals surface area (Å²) in [7, 11) is 2.96. The third kappa shape index (κ3) is 3.51. The van der Waals surface area contributed by atoms with Gasteiger partial charge in [-0.15, -0.1) is 10.2 Å². The van der Waals surface area contributed by atoms with Crippen LogP contribution in [0.25, 0.3) is 11.4 Å². The molecule has 1 aromatic heterocycles. The minimum absolute atomic E-state index is 0.0806. The Labute approximate surface area is 158 Å². The Hall–Kier alpha value is -3.10. The van der Waals surface area contributed by atoms with Crippen molar-refractivity contribution in [1.82, 2.24) is 14.8 Å². The van der Waals surface area contributed by atoms with E-state index in [0.717, 1.165) is 0 Å². The maximum atomic E-state index is 14.0. The maximum Gasteiger partial charge on any atom is 0.192 e. The van der Waals surface area contributed by atoms with Gasteiger partial charge in [0.1, 0.15) is 5.82 Å². The fourth-order valence-corrected chi connectivity index (χ4v) is 2.84. The van der Waals surface area contributed by atoms with E-state index in [4.69, 9.17) is 9.47 Å². The van der Waals surface area contributed by atoms with Gasteiger partial charge in [-0.25, -0.2) is 17.6 Å². The molecule has 0 spiro atoms. The number of nitrogens with zero attached hydrogens (tertiary/aromatic N) is 3. The molecule has 1 heterocycles. The van der Waals surface area contributed by atoms with Gasteiger partial charge in [0, 0.05) is 24.7 Å². The largest absolute Gasteiger partial charge is 0.494 e. The van der Waals surface area contributed by atoms with E-state index in [1.165, 1.54) is 37.7 Å². The van der Waals surface area contributed by atoms with Crippen molar-refractivity contribution < 1.29 is 27.0 Å². The van der Waals surface area contributed by atoms with Gasteiger partial charge in [-0.1, -0.05) is 0 Å². The summed E-state index contributed by atoms with van der Waals surface area (Å²) in [5.41, 5.74) is -0.903. The van der Waals surface area contributed by atoms with Gasteiger partial charge in [-0.2, -0.15) is 0 Å². The standard InChI is InChI=1S/C19H17F4N3O2/c1-19(2,28-16-13(22)8-11(20)9-14(16)23)18-25-24-17(26(18)3)10-5-6-15(27-4)12(21)7-10/h5-9H,1-4H3. The highest BCUT2D eigenvalue weighted by Gasteiger charge is 2.32. The summed E-state index contributed by atoms with van der Waals surface area (Å²) < 4.78 is 66.8.